The van der Waals surface area contributed by atoms with Crippen molar-refractivity contribution in [1.29, 1.82) is 0 Å². The minimum atomic E-state index is -0.814. The predicted molar refractivity (Wildman–Crippen MR) is 60.5 cm³/mol. The van der Waals surface area contributed by atoms with Gasteiger partial charge < -0.3 is 10.8 Å². The number of rotatable bonds is 5. The number of hydrogen-bond acceptors (Lipinski definition) is 2. The largest absolute Gasteiger partial charge is 0.481 e. The lowest BCUT2D eigenvalue weighted by molar-refractivity contribution is -0.135. The maximum atomic E-state index is 10.3. The molecule has 0 bridgehead atoms. The van der Waals surface area contributed by atoms with E-state index in [1.165, 1.54) is 5.56 Å². The van der Waals surface area contributed by atoms with E-state index in [0.29, 0.717) is 6.54 Å². The van der Waals surface area contributed by atoms with Crippen LogP contribution in [0, 0.1) is 0 Å². The highest BCUT2D eigenvalue weighted by Crippen LogP contribution is 2.06. The Balaban J connectivity index is 2.56. The van der Waals surface area contributed by atoms with Crippen LogP contribution in [0.3, 0.4) is 0 Å². The fourth-order valence-corrected chi connectivity index (χ4v) is 1.26. The Morgan fingerprint density at radius 3 is 2.53 bits per heavy atom. The topological polar surface area (TPSA) is 63.3 Å². The fraction of sp³-hybridized carbons (Fsp3) is 0.250. The first-order valence-corrected chi connectivity index (χ1v) is 4.89. The lowest BCUT2D eigenvalue weighted by Crippen LogP contribution is -2.02. The molecule has 1 rings (SSSR count). The maximum Gasteiger partial charge on any atom is 0.307 e. The summed E-state index contributed by atoms with van der Waals surface area (Å²) in [7, 11) is 0. The second-order valence-electron chi connectivity index (χ2n) is 3.28. The van der Waals surface area contributed by atoms with Crippen LogP contribution in [-0.2, 0) is 11.2 Å². The highest BCUT2D eigenvalue weighted by Gasteiger charge is 1.92. The van der Waals surface area contributed by atoms with Gasteiger partial charge in [-0.2, -0.15) is 0 Å². The van der Waals surface area contributed by atoms with Crippen molar-refractivity contribution in [3.63, 3.8) is 0 Å². The van der Waals surface area contributed by atoms with E-state index in [9.17, 15) is 4.79 Å². The van der Waals surface area contributed by atoms with Crippen molar-refractivity contribution in [2.45, 2.75) is 12.8 Å². The van der Waals surface area contributed by atoms with Gasteiger partial charge in [0.05, 0.1) is 6.42 Å². The van der Waals surface area contributed by atoms with E-state index in [0.717, 1.165) is 12.0 Å². The number of aliphatic carboxylic acids is 1. The van der Waals surface area contributed by atoms with E-state index >= 15 is 0 Å². The third kappa shape index (κ3) is 4.42. The summed E-state index contributed by atoms with van der Waals surface area (Å²) in [5.41, 5.74) is 7.65. The molecule has 0 saturated heterocycles. The lowest BCUT2D eigenvalue weighted by Gasteiger charge is -1.98. The number of carboxylic acid groups (broad SMARTS) is 1. The van der Waals surface area contributed by atoms with E-state index in [1.807, 2.05) is 24.3 Å². The van der Waals surface area contributed by atoms with Gasteiger partial charge in [0.1, 0.15) is 0 Å². The van der Waals surface area contributed by atoms with Crippen molar-refractivity contribution in [3.05, 3.63) is 41.5 Å². The second kappa shape index (κ2) is 5.98. The quantitative estimate of drug-likeness (QED) is 0.768. The number of carboxylic acids is 1. The Labute approximate surface area is 89.2 Å². The Hall–Kier alpha value is -1.61. The molecule has 3 heteroatoms. The van der Waals surface area contributed by atoms with Gasteiger partial charge in [0.2, 0.25) is 0 Å². The maximum absolute atomic E-state index is 10.3. The zero-order valence-corrected chi connectivity index (χ0v) is 8.52. The SMILES string of the molecule is NCCc1ccc(C=CCC(=O)O)cc1. The zero-order valence-electron chi connectivity index (χ0n) is 8.52. The summed E-state index contributed by atoms with van der Waals surface area (Å²) in [6, 6.07) is 7.94. The van der Waals surface area contributed by atoms with Crippen molar-refractivity contribution >= 4 is 12.0 Å². The minimum absolute atomic E-state index is 0.0601. The number of carbonyl (C=O) groups is 1. The first-order chi connectivity index (χ1) is 7.22. The number of benzene rings is 1. The molecular formula is C12H15NO2. The summed E-state index contributed by atoms with van der Waals surface area (Å²) >= 11 is 0. The normalized spacial score (nSPS) is 10.7. The molecule has 0 spiro atoms. The van der Waals surface area contributed by atoms with Crippen molar-refractivity contribution < 1.29 is 9.90 Å². The summed E-state index contributed by atoms with van der Waals surface area (Å²) in [6.07, 6.45) is 4.38. The Bertz CT molecular complexity index is 341. The van der Waals surface area contributed by atoms with Gasteiger partial charge in [0.15, 0.2) is 0 Å². The highest BCUT2D eigenvalue weighted by atomic mass is 16.4. The van der Waals surface area contributed by atoms with Crippen LogP contribution in [0.1, 0.15) is 17.5 Å². The molecule has 0 atom stereocenters. The predicted octanol–water partition coefficient (Wildman–Crippen LogP) is 1.68. The van der Waals surface area contributed by atoms with Crippen LogP contribution in [0.15, 0.2) is 30.3 Å². The van der Waals surface area contributed by atoms with Gasteiger partial charge in [-0.25, -0.2) is 0 Å². The Morgan fingerprint density at radius 2 is 2.00 bits per heavy atom. The van der Waals surface area contributed by atoms with Crippen LogP contribution in [0.25, 0.3) is 6.08 Å². The minimum Gasteiger partial charge on any atom is -0.481 e. The summed E-state index contributed by atoms with van der Waals surface area (Å²) < 4.78 is 0. The smallest absolute Gasteiger partial charge is 0.307 e. The van der Waals surface area contributed by atoms with Crippen molar-refractivity contribution in [3.8, 4) is 0 Å². The fourth-order valence-electron chi connectivity index (χ4n) is 1.26. The van der Waals surface area contributed by atoms with Crippen LogP contribution < -0.4 is 5.73 Å². The summed E-state index contributed by atoms with van der Waals surface area (Å²) in [5, 5.41) is 8.44. The third-order valence-corrected chi connectivity index (χ3v) is 2.02. The molecule has 1 aromatic carbocycles. The van der Waals surface area contributed by atoms with Crippen molar-refractivity contribution in [2.24, 2.45) is 5.73 Å². The molecule has 80 valence electrons. The van der Waals surface area contributed by atoms with E-state index in [4.69, 9.17) is 10.8 Å². The van der Waals surface area contributed by atoms with Crippen LogP contribution in [0.4, 0.5) is 0 Å². The molecule has 0 heterocycles. The van der Waals surface area contributed by atoms with Crippen molar-refractivity contribution in [1.82, 2.24) is 0 Å². The van der Waals surface area contributed by atoms with Crippen LogP contribution >= 0.6 is 0 Å². The molecule has 3 N–H and O–H groups in total. The van der Waals surface area contributed by atoms with E-state index in [2.05, 4.69) is 0 Å². The molecular weight excluding hydrogens is 190 g/mol. The summed E-state index contributed by atoms with van der Waals surface area (Å²) in [5.74, 6) is -0.814. The molecule has 0 aliphatic heterocycles. The van der Waals surface area contributed by atoms with Gasteiger partial charge in [-0.05, 0) is 24.1 Å². The van der Waals surface area contributed by atoms with Gasteiger partial charge in [0, 0.05) is 0 Å². The summed E-state index contributed by atoms with van der Waals surface area (Å²) in [4.78, 5) is 10.3. The van der Waals surface area contributed by atoms with Crippen LogP contribution in [0.5, 0.6) is 0 Å². The molecule has 0 aliphatic carbocycles. The highest BCUT2D eigenvalue weighted by molar-refractivity contribution is 5.70. The monoisotopic (exact) mass is 205 g/mol. The molecule has 0 aromatic heterocycles. The van der Waals surface area contributed by atoms with Gasteiger partial charge in [-0.1, -0.05) is 36.4 Å². The van der Waals surface area contributed by atoms with Gasteiger partial charge in [-0.15, -0.1) is 0 Å². The molecule has 15 heavy (non-hydrogen) atoms. The Kier molecular flexibility index (Phi) is 4.57. The Morgan fingerprint density at radius 1 is 1.33 bits per heavy atom. The molecule has 0 aliphatic rings. The van der Waals surface area contributed by atoms with Gasteiger partial charge >= 0.3 is 5.97 Å². The van der Waals surface area contributed by atoms with Gasteiger partial charge in [-0.3, -0.25) is 4.79 Å². The second-order valence-corrected chi connectivity index (χ2v) is 3.28. The van der Waals surface area contributed by atoms with Crippen LogP contribution in [0.2, 0.25) is 0 Å². The third-order valence-electron chi connectivity index (χ3n) is 2.02. The molecule has 0 unspecified atom stereocenters. The molecule has 3 nitrogen and oxygen atoms in total. The van der Waals surface area contributed by atoms with Crippen molar-refractivity contribution in [2.75, 3.05) is 6.54 Å². The summed E-state index contributed by atoms with van der Waals surface area (Å²) in [6.45, 7) is 0.647. The molecule has 0 radical (unpaired) electrons. The number of hydrogen-bond donors (Lipinski definition) is 2. The standard InChI is InChI=1S/C12H15NO2/c13-9-8-11-6-4-10(5-7-11)2-1-3-12(14)15/h1-2,4-7H,3,8-9,13H2,(H,14,15). The molecule has 0 amide bonds. The lowest BCUT2D eigenvalue weighted by atomic mass is 10.1. The van der Waals surface area contributed by atoms with E-state index in [-0.39, 0.29) is 6.42 Å². The average molecular weight is 205 g/mol. The van der Waals surface area contributed by atoms with E-state index in [1.54, 1.807) is 12.2 Å². The first-order valence-electron chi connectivity index (χ1n) is 4.89. The van der Waals surface area contributed by atoms with Crippen LogP contribution in [-0.4, -0.2) is 17.6 Å². The number of nitrogens with two attached hydrogens (primary N) is 1. The van der Waals surface area contributed by atoms with Gasteiger partial charge in [0.25, 0.3) is 0 Å². The first kappa shape index (κ1) is 11.5. The zero-order chi connectivity index (χ0) is 11.1. The molecule has 0 saturated carbocycles. The molecule has 0 fully saturated rings. The molecule has 1 aromatic rings. The average Bonchev–Trinajstić information content (AvgIpc) is 2.20. The van der Waals surface area contributed by atoms with E-state index < -0.39 is 5.97 Å².